The van der Waals surface area contributed by atoms with Crippen LogP contribution in [0.5, 0.6) is 0 Å². The predicted molar refractivity (Wildman–Crippen MR) is 48.5 cm³/mol. The summed E-state index contributed by atoms with van der Waals surface area (Å²) < 4.78 is 0. The summed E-state index contributed by atoms with van der Waals surface area (Å²) in [5, 5.41) is 0.568. The third-order valence-corrected chi connectivity index (χ3v) is 2.96. The van der Waals surface area contributed by atoms with Gasteiger partial charge in [-0.2, -0.15) is 0 Å². The fourth-order valence-corrected chi connectivity index (χ4v) is 2.41. The van der Waals surface area contributed by atoms with Gasteiger partial charge < -0.3 is 0 Å². The van der Waals surface area contributed by atoms with Crippen LogP contribution >= 0.6 is 9.24 Å². The van der Waals surface area contributed by atoms with Crippen molar-refractivity contribution in [3.63, 3.8) is 0 Å². The largest absolute Gasteiger partial charge is 0.139 e. The minimum Gasteiger partial charge on any atom is -0.139 e. The van der Waals surface area contributed by atoms with Gasteiger partial charge in [-0.05, 0) is 22.8 Å². The number of rotatable bonds is 0. The van der Waals surface area contributed by atoms with Gasteiger partial charge in [0.25, 0.3) is 0 Å². The summed E-state index contributed by atoms with van der Waals surface area (Å²) in [5.74, 6) is 0.926. The van der Waals surface area contributed by atoms with Crippen LogP contribution in [-0.2, 0) is 0 Å². The van der Waals surface area contributed by atoms with Gasteiger partial charge in [-0.15, -0.1) is 9.24 Å². The fraction of sp³-hybridized carbons (Fsp3) is 1.00. The van der Waals surface area contributed by atoms with Crippen LogP contribution in [-0.4, -0.2) is 12.9 Å². The van der Waals surface area contributed by atoms with E-state index in [9.17, 15) is 0 Å². The zero-order valence-electron chi connectivity index (χ0n) is 6.86. The quantitative estimate of drug-likeness (QED) is 0.352. The van der Waals surface area contributed by atoms with Crippen molar-refractivity contribution in [2.75, 3.05) is 0 Å². The smallest absolute Gasteiger partial charge is 0.114 e. The average molecular weight is 142 g/mol. The molecule has 1 fully saturated rings. The summed E-state index contributed by atoms with van der Waals surface area (Å²) >= 11 is 0. The second-order valence-electron chi connectivity index (χ2n) is 4.63. The first-order valence-electron chi connectivity index (χ1n) is 3.63. The monoisotopic (exact) mass is 142 g/mol. The van der Waals surface area contributed by atoms with Gasteiger partial charge in [0, 0.05) is 0 Å². The van der Waals surface area contributed by atoms with Gasteiger partial charge in [0.1, 0.15) is 7.85 Å². The Morgan fingerprint density at radius 3 is 1.89 bits per heavy atom. The van der Waals surface area contributed by atoms with E-state index in [1.165, 1.54) is 6.42 Å². The molecule has 3 atom stereocenters. The topological polar surface area (TPSA) is 0 Å². The molecule has 0 bridgehead atoms. The van der Waals surface area contributed by atoms with Crippen molar-refractivity contribution in [1.29, 1.82) is 0 Å². The van der Waals surface area contributed by atoms with Crippen LogP contribution in [0.4, 0.5) is 0 Å². The summed E-state index contributed by atoms with van der Waals surface area (Å²) in [7, 11) is 5.28. The summed E-state index contributed by atoms with van der Waals surface area (Å²) in [6.07, 6.45) is 1.39. The van der Waals surface area contributed by atoms with Crippen molar-refractivity contribution in [3.8, 4) is 0 Å². The van der Waals surface area contributed by atoms with Crippen molar-refractivity contribution in [1.82, 2.24) is 0 Å². The standard InChI is InChI=1S/C7H16BP/c1-6(2,3)5-4-7(5,8)9/h5H,4,8-9H2,1-3H3. The minimum atomic E-state index is 0.524. The molecule has 0 N–H and O–H groups in total. The molecule has 1 rings (SSSR count). The van der Waals surface area contributed by atoms with Crippen LogP contribution in [0.1, 0.15) is 27.2 Å². The molecule has 0 radical (unpaired) electrons. The summed E-state index contributed by atoms with van der Waals surface area (Å²) in [5.41, 5.74) is 0.524. The lowest BCUT2D eigenvalue weighted by Gasteiger charge is -2.19. The van der Waals surface area contributed by atoms with Crippen molar-refractivity contribution in [3.05, 3.63) is 0 Å². The molecule has 0 heterocycles. The van der Waals surface area contributed by atoms with E-state index in [-0.39, 0.29) is 0 Å². The van der Waals surface area contributed by atoms with Crippen molar-refractivity contribution in [2.45, 2.75) is 32.2 Å². The zero-order chi connectivity index (χ0) is 7.28. The van der Waals surface area contributed by atoms with Gasteiger partial charge in [-0.25, -0.2) is 0 Å². The van der Waals surface area contributed by atoms with E-state index in [0.717, 1.165) is 5.92 Å². The van der Waals surface area contributed by atoms with Gasteiger partial charge in [0.15, 0.2) is 0 Å². The van der Waals surface area contributed by atoms with E-state index in [0.29, 0.717) is 10.5 Å². The first-order chi connectivity index (χ1) is 3.84. The Hall–Kier alpha value is 0.495. The zero-order valence-corrected chi connectivity index (χ0v) is 8.02. The van der Waals surface area contributed by atoms with Crippen LogP contribution in [0.3, 0.4) is 0 Å². The highest BCUT2D eigenvalue weighted by Crippen LogP contribution is 2.57. The number of hydrogen-bond donors (Lipinski definition) is 0. The van der Waals surface area contributed by atoms with Crippen molar-refractivity contribution >= 4 is 17.1 Å². The third-order valence-electron chi connectivity index (χ3n) is 2.33. The van der Waals surface area contributed by atoms with Gasteiger partial charge in [0.05, 0.1) is 0 Å². The molecule has 1 aliphatic rings. The second kappa shape index (κ2) is 1.75. The lowest BCUT2D eigenvalue weighted by atomic mass is 9.84. The second-order valence-corrected chi connectivity index (χ2v) is 5.95. The van der Waals surface area contributed by atoms with E-state index < -0.39 is 0 Å². The molecule has 0 amide bonds. The molecule has 1 aliphatic carbocycles. The molecule has 0 aliphatic heterocycles. The highest BCUT2D eigenvalue weighted by molar-refractivity contribution is 7.23. The normalized spacial score (nSPS) is 42.9. The average Bonchev–Trinajstić information content (AvgIpc) is 2.10. The van der Waals surface area contributed by atoms with Gasteiger partial charge in [-0.3, -0.25) is 0 Å². The highest BCUT2D eigenvalue weighted by Gasteiger charge is 2.51. The van der Waals surface area contributed by atoms with E-state index in [1.54, 1.807) is 0 Å². The van der Waals surface area contributed by atoms with Gasteiger partial charge in [-0.1, -0.05) is 20.8 Å². The van der Waals surface area contributed by atoms with Crippen molar-refractivity contribution in [2.24, 2.45) is 11.3 Å². The van der Waals surface area contributed by atoms with Gasteiger partial charge in [0.2, 0.25) is 0 Å². The van der Waals surface area contributed by atoms with Crippen LogP contribution in [0, 0.1) is 11.3 Å². The van der Waals surface area contributed by atoms with E-state index in [2.05, 4.69) is 37.9 Å². The number of hydrogen-bond acceptors (Lipinski definition) is 0. The highest BCUT2D eigenvalue weighted by atomic mass is 31.0. The summed E-state index contributed by atoms with van der Waals surface area (Å²) in [4.78, 5) is 0. The Balaban J connectivity index is 2.52. The van der Waals surface area contributed by atoms with E-state index >= 15 is 0 Å². The molecule has 0 saturated heterocycles. The molecule has 2 heteroatoms. The molecule has 0 aromatic rings. The Morgan fingerprint density at radius 2 is 1.89 bits per heavy atom. The maximum atomic E-state index is 2.95. The molecule has 9 heavy (non-hydrogen) atoms. The Labute approximate surface area is 61.4 Å². The Kier molecular flexibility index (Phi) is 1.48. The maximum Gasteiger partial charge on any atom is 0.114 e. The molecular weight excluding hydrogens is 126 g/mol. The molecule has 52 valence electrons. The lowest BCUT2D eigenvalue weighted by molar-refractivity contribution is 0.349. The molecule has 1 saturated carbocycles. The van der Waals surface area contributed by atoms with Crippen LogP contribution in [0.2, 0.25) is 0 Å². The summed E-state index contributed by atoms with van der Waals surface area (Å²) in [6, 6.07) is 0. The Bertz CT molecular complexity index is 123. The van der Waals surface area contributed by atoms with Crippen LogP contribution in [0.15, 0.2) is 0 Å². The molecule has 0 spiro atoms. The first kappa shape index (κ1) is 7.60. The fourth-order valence-electron chi connectivity index (χ4n) is 1.68. The molecule has 0 aromatic carbocycles. The third kappa shape index (κ3) is 1.49. The Morgan fingerprint density at radius 1 is 1.56 bits per heavy atom. The first-order valence-corrected chi connectivity index (χ1v) is 4.21. The van der Waals surface area contributed by atoms with E-state index in [1.807, 2.05) is 0 Å². The summed E-state index contributed by atoms with van der Waals surface area (Å²) in [6.45, 7) is 6.98. The predicted octanol–water partition coefficient (Wildman–Crippen LogP) is 1.26. The molecule has 0 nitrogen and oxygen atoms in total. The van der Waals surface area contributed by atoms with Crippen LogP contribution in [0.25, 0.3) is 0 Å². The van der Waals surface area contributed by atoms with Gasteiger partial charge >= 0.3 is 0 Å². The van der Waals surface area contributed by atoms with Crippen LogP contribution < -0.4 is 0 Å². The van der Waals surface area contributed by atoms with Crippen molar-refractivity contribution < 1.29 is 0 Å². The lowest BCUT2D eigenvalue weighted by Crippen LogP contribution is -2.15. The SMILES string of the molecule is BC1(P)CC1C(C)(C)C. The maximum absolute atomic E-state index is 2.95. The minimum absolute atomic E-state index is 0.524. The molecule has 0 aromatic heterocycles. The molecular formula is C7H16BP. The molecule has 3 unspecified atom stereocenters. The van der Waals surface area contributed by atoms with E-state index in [4.69, 9.17) is 0 Å².